The van der Waals surface area contributed by atoms with Crippen molar-refractivity contribution in [3.63, 3.8) is 0 Å². The van der Waals surface area contributed by atoms with Crippen molar-refractivity contribution in [2.24, 2.45) is 11.8 Å². The van der Waals surface area contributed by atoms with Crippen LogP contribution in [0.3, 0.4) is 0 Å². The number of hydrogen-bond donors (Lipinski definition) is 0. The lowest BCUT2D eigenvalue weighted by atomic mass is 9.88. The fourth-order valence-corrected chi connectivity index (χ4v) is 8.90. The van der Waals surface area contributed by atoms with Gasteiger partial charge in [-0.05, 0) is 47.0 Å². The third-order valence-corrected chi connectivity index (χ3v) is 11.1. The molecule has 2 nitrogen and oxygen atoms in total. The highest BCUT2D eigenvalue weighted by atomic mass is 28.4. The van der Waals surface area contributed by atoms with Crippen LogP contribution in [0.25, 0.3) is 0 Å². The number of ketones is 1. The zero-order valence-electron chi connectivity index (χ0n) is 19.1. The van der Waals surface area contributed by atoms with Gasteiger partial charge in [0.15, 0.2) is 0 Å². The summed E-state index contributed by atoms with van der Waals surface area (Å²) in [6, 6.07) is 21.6. The molecule has 0 radical (unpaired) electrons. The molecule has 2 aromatic rings. The standard InChI is InChI=1S/C26H38O2Si/c1-21(2)23(18-17-22(3)27)19-20-28-29(26(4,5)6,24-13-9-7-10-14-24)25-15-11-8-12-16-25/h7-16,21,23H,17-20H2,1-6H3/t23-/m0/s1. The van der Waals surface area contributed by atoms with E-state index < -0.39 is 8.32 Å². The molecule has 0 aliphatic carbocycles. The summed E-state index contributed by atoms with van der Waals surface area (Å²) in [6.07, 6.45) is 2.62. The van der Waals surface area contributed by atoms with Gasteiger partial charge in [-0.1, -0.05) is 95.3 Å². The molecule has 0 aliphatic rings. The molecule has 0 unspecified atom stereocenters. The number of Topliss-reactive ketones (excluding diaryl/α,β-unsaturated/α-hetero) is 1. The maximum Gasteiger partial charge on any atom is 0.261 e. The van der Waals surface area contributed by atoms with Crippen LogP contribution < -0.4 is 10.4 Å². The van der Waals surface area contributed by atoms with Crippen LogP contribution >= 0.6 is 0 Å². The summed E-state index contributed by atoms with van der Waals surface area (Å²) in [7, 11) is -2.46. The van der Waals surface area contributed by atoms with Crippen LogP contribution in [-0.4, -0.2) is 20.7 Å². The number of hydrogen-bond acceptors (Lipinski definition) is 2. The molecule has 0 saturated heterocycles. The summed E-state index contributed by atoms with van der Waals surface area (Å²) in [4.78, 5) is 11.5. The fraction of sp³-hybridized carbons (Fsp3) is 0.500. The first kappa shape index (κ1) is 23.6. The predicted octanol–water partition coefficient (Wildman–Crippen LogP) is 5.59. The summed E-state index contributed by atoms with van der Waals surface area (Å²) in [6.45, 7) is 13.9. The van der Waals surface area contributed by atoms with Crippen LogP contribution in [0.1, 0.15) is 60.8 Å². The molecule has 0 bridgehead atoms. The molecular formula is C26H38O2Si. The molecular weight excluding hydrogens is 372 g/mol. The second-order valence-corrected chi connectivity index (χ2v) is 13.9. The summed E-state index contributed by atoms with van der Waals surface area (Å²) < 4.78 is 7.01. The van der Waals surface area contributed by atoms with Gasteiger partial charge < -0.3 is 9.22 Å². The van der Waals surface area contributed by atoms with E-state index in [4.69, 9.17) is 4.43 Å². The van der Waals surface area contributed by atoms with Crippen molar-refractivity contribution in [2.45, 2.75) is 65.8 Å². The lowest BCUT2D eigenvalue weighted by Crippen LogP contribution is -2.66. The van der Waals surface area contributed by atoms with Crippen molar-refractivity contribution in [2.75, 3.05) is 6.61 Å². The van der Waals surface area contributed by atoms with E-state index in [2.05, 4.69) is 95.3 Å². The molecule has 3 heteroatoms. The highest BCUT2D eigenvalue weighted by molar-refractivity contribution is 6.99. The Balaban J connectivity index is 2.35. The molecule has 1 atom stereocenters. The van der Waals surface area contributed by atoms with Crippen LogP contribution in [0.4, 0.5) is 0 Å². The summed E-state index contributed by atoms with van der Waals surface area (Å²) >= 11 is 0. The van der Waals surface area contributed by atoms with E-state index in [0.29, 0.717) is 18.3 Å². The topological polar surface area (TPSA) is 26.3 Å². The fourth-order valence-electron chi connectivity index (χ4n) is 4.32. The molecule has 29 heavy (non-hydrogen) atoms. The molecule has 158 valence electrons. The normalized spacial score (nSPS) is 13.5. The Kier molecular flexibility index (Phi) is 8.42. The molecule has 0 amide bonds. The molecule has 0 fully saturated rings. The van der Waals surface area contributed by atoms with Crippen molar-refractivity contribution < 1.29 is 9.22 Å². The lowest BCUT2D eigenvalue weighted by Gasteiger charge is -2.43. The van der Waals surface area contributed by atoms with Crippen LogP contribution in [0.2, 0.25) is 5.04 Å². The van der Waals surface area contributed by atoms with Gasteiger partial charge in [-0.2, -0.15) is 0 Å². The van der Waals surface area contributed by atoms with Crippen molar-refractivity contribution in [1.29, 1.82) is 0 Å². The quantitative estimate of drug-likeness (QED) is 0.477. The molecule has 0 aromatic heterocycles. The minimum absolute atomic E-state index is 0.00240. The predicted molar refractivity (Wildman–Crippen MR) is 126 cm³/mol. The van der Waals surface area contributed by atoms with Crippen molar-refractivity contribution in [3.05, 3.63) is 60.7 Å². The largest absolute Gasteiger partial charge is 0.407 e. The first-order chi connectivity index (χ1) is 13.7. The van der Waals surface area contributed by atoms with Gasteiger partial charge in [-0.3, -0.25) is 0 Å². The Morgan fingerprint density at radius 2 is 1.38 bits per heavy atom. The zero-order chi connectivity index (χ0) is 21.5. The van der Waals surface area contributed by atoms with E-state index in [1.54, 1.807) is 6.92 Å². The second-order valence-electron chi connectivity index (χ2n) is 9.55. The van der Waals surface area contributed by atoms with E-state index in [-0.39, 0.29) is 10.8 Å². The van der Waals surface area contributed by atoms with Crippen LogP contribution in [0, 0.1) is 11.8 Å². The van der Waals surface area contributed by atoms with Gasteiger partial charge in [-0.15, -0.1) is 0 Å². The highest BCUT2D eigenvalue weighted by Gasteiger charge is 2.50. The van der Waals surface area contributed by atoms with Crippen molar-refractivity contribution in [1.82, 2.24) is 0 Å². The van der Waals surface area contributed by atoms with E-state index in [1.165, 1.54) is 10.4 Å². The van der Waals surface area contributed by atoms with E-state index in [1.807, 2.05) is 0 Å². The Morgan fingerprint density at radius 3 is 1.76 bits per heavy atom. The van der Waals surface area contributed by atoms with Crippen LogP contribution in [0.5, 0.6) is 0 Å². The summed E-state index contributed by atoms with van der Waals surface area (Å²) in [5.41, 5.74) is 0. The SMILES string of the molecule is CC(=O)CC[C@@H](CCO[Si](c1ccccc1)(c1ccccc1)C(C)(C)C)C(C)C. The molecule has 0 spiro atoms. The first-order valence-electron chi connectivity index (χ1n) is 10.9. The van der Waals surface area contributed by atoms with Gasteiger partial charge in [-0.25, -0.2) is 0 Å². The minimum Gasteiger partial charge on any atom is -0.407 e. The van der Waals surface area contributed by atoms with Gasteiger partial charge >= 0.3 is 0 Å². The first-order valence-corrected chi connectivity index (χ1v) is 12.8. The lowest BCUT2D eigenvalue weighted by molar-refractivity contribution is -0.117. The molecule has 2 aromatic carbocycles. The second kappa shape index (κ2) is 10.4. The van der Waals surface area contributed by atoms with Crippen LogP contribution in [0.15, 0.2) is 60.7 Å². The Morgan fingerprint density at radius 1 is 0.897 bits per heavy atom. The van der Waals surface area contributed by atoms with E-state index in [0.717, 1.165) is 19.4 Å². The molecule has 0 N–H and O–H groups in total. The maximum atomic E-state index is 11.5. The maximum absolute atomic E-state index is 11.5. The minimum atomic E-state index is -2.46. The average molecular weight is 411 g/mol. The van der Waals surface area contributed by atoms with Gasteiger partial charge in [0.1, 0.15) is 5.78 Å². The Hall–Kier alpha value is -1.71. The van der Waals surface area contributed by atoms with Gasteiger partial charge in [0, 0.05) is 13.0 Å². The van der Waals surface area contributed by atoms with Crippen molar-refractivity contribution in [3.8, 4) is 0 Å². The third kappa shape index (κ3) is 5.89. The smallest absolute Gasteiger partial charge is 0.261 e. The highest BCUT2D eigenvalue weighted by Crippen LogP contribution is 2.37. The Labute approximate surface area is 178 Å². The molecule has 0 aliphatic heterocycles. The zero-order valence-corrected chi connectivity index (χ0v) is 20.1. The van der Waals surface area contributed by atoms with Crippen molar-refractivity contribution >= 4 is 24.5 Å². The molecule has 0 heterocycles. The average Bonchev–Trinajstić information content (AvgIpc) is 2.67. The van der Waals surface area contributed by atoms with Gasteiger partial charge in [0.05, 0.1) is 0 Å². The third-order valence-electron chi connectivity index (χ3n) is 6.03. The van der Waals surface area contributed by atoms with Gasteiger partial charge in [0.25, 0.3) is 8.32 Å². The number of carbonyl (C=O) groups excluding carboxylic acids is 1. The monoisotopic (exact) mass is 410 g/mol. The number of rotatable bonds is 10. The van der Waals surface area contributed by atoms with Crippen LogP contribution in [-0.2, 0) is 9.22 Å². The van der Waals surface area contributed by atoms with E-state index >= 15 is 0 Å². The Bertz CT molecular complexity index is 708. The summed E-state index contributed by atoms with van der Waals surface area (Å²) in [5, 5.41) is 2.65. The van der Waals surface area contributed by atoms with Gasteiger partial charge in [0.2, 0.25) is 0 Å². The number of benzene rings is 2. The number of carbonyl (C=O) groups is 1. The summed E-state index contributed by atoms with van der Waals surface area (Å²) in [5.74, 6) is 1.35. The van der Waals surface area contributed by atoms with E-state index in [9.17, 15) is 4.79 Å². The molecule has 2 rings (SSSR count). The molecule has 0 saturated carbocycles.